The molecule has 2 heterocycles. The van der Waals surface area contributed by atoms with Crippen LogP contribution in [0.3, 0.4) is 0 Å². The van der Waals surface area contributed by atoms with Crippen molar-refractivity contribution in [1.82, 2.24) is 10.3 Å². The third-order valence-corrected chi connectivity index (χ3v) is 2.94. The maximum absolute atomic E-state index is 12.0. The van der Waals surface area contributed by atoms with E-state index in [0.29, 0.717) is 5.56 Å². The van der Waals surface area contributed by atoms with Gasteiger partial charge in [-0.05, 0) is 48.0 Å². The minimum absolute atomic E-state index is 0.176. The van der Waals surface area contributed by atoms with E-state index < -0.39 is 0 Å². The number of hydrogen-bond donors (Lipinski definition) is 1. The minimum atomic E-state index is -0.176. The zero-order valence-corrected chi connectivity index (χ0v) is 11.7. The van der Waals surface area contributed by atoms with E-state index in [2.05, 4.69) is 26.2 Å². The van der Waals surface area contributed by atoms with Gasteiger partial charge >= 0.3 is 0 Å². The van der Waals surface area contributed by atoms with Gasteiger partial charge in [0.1, 0.15) is 11.5 Å². The molecule has 0 aliphatic carbocycles. The number of furan rings is 1. The molecule has 4 nitrogen and oxygen atoms in total. The summed E-state index contributed by atoms with van der Waals surface area (Å²) in [7, 11) is 0. The summed E-state index contributed by atoms with van der Waals surface area (Å²) in [4.78, 5) is 15.9. The zero-order valence-electron chi connectivity index (χ0n) is 10.1. The van der Waals surface area contributed by atoms with Gasteiger partial charge in [-0.15, -0.1) is 0 Å². The number of rotatable bonds is 3. The van der Waals surface area contributed by atoms with Crippen LogP contribution < -0.4 is 5.32 Å². The van der Waals surface area contributed by atoms with E-state index in [1.54, 1.807) is 12.3 Å². The van der Waals surface area contributed by atoms with Crippen LogP contribution in [-0.4, -0.2) is 10.9 Å². The average molecular weight is 309 g/mol. The van der Waals surface area contributed by atoms with E-state index in [4.69, 9.17) is 4.42 Å². The molecule has 0 saturated heterocycles. The van der Waals surface area contributed by atoms with Gasteiger partial charge in [0.25, 0.3) is 5.91 Å². The maximum Gasteiger partial charge on any atom is 0.253 e. The number of carbonyl (C=O) groups excluding carboxylic acids is 1. The largest absolute Gasteiger partial charge is 0.464 e. The summed E-state index contributed by atoms with van der Waals surface area (Å²) in [6.45, 7) is 3.75. The Hall–Kier alpha value is -1.62. The van der Waals surface area contributed by atoms with Crippen molar-refractivity contribution in [3.8, 4) is 0 Å². The molecule has 2 aromatic rings. The number of aryl methyl sites for hydroxylation is 1. The summed E-state index contributed by atoms with van der Waals surface area (Å²) >= 11 is 3.28. The van der Waals surface area contributed by atoms with Crippen molar-refractivity contribution in [2.45, 2.75) is 19.9 Å². The number of nitrogens with zero attached hydrogens (tertiary/aromatic N) is 1. The van der Waals surface area contributed by atoms with Crippen LogP contribution in [0.1, 0.15) is 34.8 Å². The van der Waals surface area contributed by atoms with Crippen molar-refractivity contribution in [3.63, 3.8) is 0 Å². The molecule has 1 unspecified atom stereocenters. The molecule has 1 atom stereocenters. The lowest BCUT2D eigenvalue weighted by Crippen LogP contribution is -2.26. The molecule has 5 heteroatoms. The number of nitrogens with one attached hydrogen (secondary N) is 1. The number of pyridine rings is 1. The Morgan fingerprint density at radius 3 is 2.83 bits per heavy atom. The molecule has 0 fully saturated rings. The van der Waals surface area contributed by atoms with Gasteiger partial charge in [0.15, 0.2) is 0 Å². The van der Waals surface area contributed by atoms with Crippen LogP contribution in [0.2, 0.25) is 0 Å². The van der Waals surface area contributed by atoms with E-state index in [-0.39, 0.29) is 11.9 Å². The van der Waals surface area contributed by atoms with Gasteiger partial charge in [0.05, 0.1) is 11.6 Å². The van der Waals surface area contributed by atoms with Crippen LogP contribution in [0, 0.1) is 6.92 Å². The molecule has 0 aromatic carbocycles. The Kier molecular flexibility index (Phi) is 3.81. The van der Waals surface area contributed by atoms with Gasteiger partial charge in [-0.3, -0.25) is 9.78 Å². The van der Waals surface area contributed by atoms with Gasteiger partial charge in [0.2, 0.25) is 0 Å². The Morgan fingerprint density at radius 1 is 1.44 bits per heavy atom. The monoisotopic (exact) mass is 308 g/mol. The molecule has 0 saturated carbocycles. The Morgan fingerprint density at radius 2 is 2.22 bits per heavy atom. The molecule has 2 rings (SSSR count). The standard InChI is InChI=1S/C13H13BrN2O2/c1-8-3-4-12(18-8)9(2)16-13(17)10-5-11(14)7-15-6-10/h3-7,9H,1-2H3,(H,16,17). The van der Waals surface area contributed by atoms with Crippen molar-refractivity contribution in [2.75, 3.05) is 0 Å². The molecule has 0 radical (unpaired) electrons. The third-order valence-electron chi connectivity index (χ3n) is 2.50. The molecule has 1 amide bonds. The van der Waals surface area contributed by atoms with E-state index in [0.717, 1.165) is 16.0 Å². The van der Waals surface area contributed by atoms with Gasteiger partial charge < -0.3 is 9.73 Å². The van der Waals surface area contributed by atoms with Crippen LogP contribution in [0.15, 0.2) is 39.5 Å². The van der Waals surface area contributed by atoms with E-state index in [1.165, 1.54) is 6.20 Å². The number of aromatic nitrogens is 1. The fourth-order valence-corrected chi connectivity index (χ4v) is 1.94. The van der Waals surface area contributed by atoms with Gasteiger partial charge in [-0.2, -0.15) is 0 Å². The van der Waals surface area contributed by atoms with Crippen LogP contribution in [0.25, 0.3) is 0 Å². The maximum atomic E-state index is 12.0. The molecule has 18 heavy (non-hydrogen) atoms. The zero-order chi connectivity index (χ0) is 13.1. The molecule has 1 N–H and O–H groups in total. The highest BCUT2D eigenvalue weighted by Gasteiger charge is 2.14. The highest BCUT2D eigenvalue weighted by atomic mass is 79.9. The lowest BCUT2D eigenvalue weighted by Gasteiger charge is -2.11. The fraction of sp³-hybridized carbons (Fsp3) is 0.231. The Bertz CT molecular complexity index is 566. The van der Waals surface area contributed by atoms with Crippen LogP contribution in [0.4, 0.5) is 0 Å². The molecule has 0 bridgehead atoms. The smallest absolute Gasteiger partial charge is 0.253 e. The first-order valence-electron chi connectivity index (χ1n) is 5.54. The lowest BCUT2D eigenvalue weighted by atomic mass is 10.2. The average Bonchev–Trinajstić information content (AvgIpc) is 2.76. The second kappa shape index (κ2) is 5.35. The number of halogens is 1. The molecule has 0 spiro atoms. The second-order valence-corrected chi connectivity index (χ2v) is 4.95. The fourth-order valence-electron chi connectivity index (χ4n) is 1.57. The minimum Gasteiger partial charge on any atom is -0.464 e. The van der Waals surface area contributed by atoms with Crippen LogP contribution >= 0.6 is 15.9 Å². The molecule has 94 valence electrons. The summed E-state index contributed by atoms with van der Waals surface area (Å²) in [6.07, 6.45) is 3.16. The first-order valence-corrected chi connectivity index (χ1v) is 6.33. The predicted molar refractivity (Wildman–Crippen MR) is 71.3 cm³/mol. The summed E-state index contributed by atoms with van der Waals surface area (Å²) in [6, 6.07) is 5.28. The highest BCUT2D eigenvalue weighted by Crippen LogP contribution is 2.16. The summed E-state index contributed by atoms with van der Waals surface area (Å²) < 4.78 is 6.24. The quantitative estimate of drug-likeness (QED) is 0.947. The van der Waals surface area contributed by atoms with Crippen LogP contribution in [0.5, 0.6) is 0 Å². The first-order chi connectivity index (χ1) is 8.56. The molecule has 2 aromatic heterocycles. The van der Waals surface area contributed by atoms with Crippen molar-refractivity contribution in [3.05, 3.63) is 52.1 Å². The van der Waals surface area contributed by atoms with Crippen molar-refractivity contribution in [1.29, 1.82) is 0 Å². The molecular formula is C13H13BrN2O2. The summed E-state index contributed by atoms with van der Waals surface area (Å²) in [5.74, 6) is 1.39. The molecule has 0 aliphatic heterocycles. The van der Waals surface area contributed by atoms with E-state index in [9.17, 15) is 4.79 Å². The molecule has 0 aliphatic rings. The predicted octanol–water partition coefficient (Wildman–Crippen LogP) is 3.24. The summed E-state index contributed by atoms with van der Waals surface area (Å²) in [5.41, 5.74) is 0.513. The lowest BCUT2D eigenvalue weighted by molar-refractivity contribution is 0.0934. The molecular weight excluding hydrogens is 296 g/mol. The van der Waals surface area contributed by atoms with Gasteiger partial charge in [-0.25, -0.2) is 0 Å². The Labute approximate surface area is 114 Å². The highest BCUT2D eigenvalue weighted by molar-refractivity contribution is 9.10. The van der Waals surface area contributed by atoms with Crippen molar-refractivity contribution < 1.29 is 9.21 Å². The normalized spacial score (nSPS) is 12.2. The number of amides is 1. The van der Waals surface area contributed by atoms with Crippen LogP contribution in [-0.2, 0) is 0 Å². The van der Waals surface area contributed by atoms with Gasteiger partial charge in [0, 0.05) is 16.9 Å². The SMILES string of the molecule is Cc1ccc(C(C)NC(=O)c2cncc(Br)c2)o1. The second-order valence-electron chi connectivity index (χ2n) is 4.04. The number of carbonyl (C=O) groups is 1. The topological polar surface area (TPSA) is 55.1 Å². The third kappa shape index (κ3) is 2.98. The Balaban J connectivity index is 2.08. The van der Waals surface area contributed by atoms with Crippen molar-refractivity contribution in [2.24, 2.45) is 0 Å². The summed E-state index contributed by atoms with van der Waals surface area (Å²) in [5, 5.41) is 2.86. The van der Waals surface area contributed by atoms with Crippen molar-refractivity contribution >= 4 is 21.8 Å². The first kappa shape index (κ1) is 12.8. The van der Waals surface area contributed by atoms with E-state index >= 15 is 0 Å². The van der Waals surface area contributed by atoms with E-state index in [1.807, 2.05) is 26.0 Å². The number of hydrogen-bond acceptors (Lipinski definition) is 3. The van der Waals surface area contributed by atoms with Gasteiger partial charge in [-0.1, -0.05) is 0 Å².